The Morgan fingerprint density at radius 3 is 2.61 bits per heavy atom. The molecule has 0 amide bonds. The molecule has 1 rings (SSSR count). The summed E-state index contributed by atoms with van der Waals surface area (Å²) in [5, 5.41) is 0.907. The Morgan fingerprint density at radius 1 is 1.39 bits per heavy atom. The zero-order valence-corrected chi connectivity index (χ0v) is 15.0. The molecule has 0 saturated carbocycles. The van der Waals surface area contributed by atoms with Gasteiger partial charge in [-0.1, -0.05) is 29.3 Å². The largest absolute Gasteiger partial charge is 0.250 e. The van der Waals surface area contributed by atoms with Crippen LogP contribution in [0.4, 0.5) is 0 Å². The van der Waals surface area contributed by atoms with E-state index in [0.717, 1.165) is 28.4 Å². The predicted molar refractivity (Wildman–Crippen MR) is 84.0 cm³/mol. The highest BCUT2D eigenvalue weighted by Crippen LogP contribution is 2.26. The monoisotopic (exact) mass is 417 g/mol. The van der Waals surface area contributed by atoms with Crippen LogP contribution in [0, 0.1) is 5.92 Å². The van der Waals surface area contributed by atoms with Gasteiger partial charge in [0.2, 0.25) is 10.0 Å². The normalized spacial score (nSPS) is 13.7. The Balaban J connectivity index is 2.60. The van der Waals surface area contributed by atoms with Gasteiger partial charge >= 0.3 is 0 Å². The second-order valence-corrected chi connectivity index (χ2v) is 9.29. The summed E-state index contributed by atoms with van der Waals surface area (Å²) in [6.07, 6.45) is 3.11. The molecule has 0 saturated heterocycles. The molecule has 0 bridgehead atoms. The molecule has 0 aliphatic rings. The number of alkyl halides is 1. The summed E-state index contributed by atoms with van der Waals surface area (Å²) in [6.45, 7) is 2.63. The number of thiophene rings is 1. The molecule has 1 N–H and O–H groups in total. The Kier molecular flexibility index (Phi) is 7.38. The highest BCUT2D eigenvalue weighted by Gasteiger charge is 2.18. The second kappa shape index (κ2) is 7.99. The summed E-state index contributed by atoms with van der Waals surface area (Å²) in [5.74, 6) is 0.396. The molecule has 1 heterocycles. The van der Waals surface area contributed by atoms with Gasteiger partial charge in [0.15, 0.2) is 0 Å². The molecule has 1 atom stereocenters. The van der Waals surface area contributed by atoms with E-state index in [9.17, 15) is 8.42 Å². The topological polar surface area (TPSA) is 46.2 Å². The Bertz CT molecular complexity index is 453. The summed E-state index contributed by atoms with van der Waals surface area (Å²) in [5.41, 5.74) is 0. The van der Waals surface area contributed by atoms with E-state index in [-0.39, 0.29) is 0 Å². The van der Waals surface area contributed by atoms with E-state index in [1.165, 1.54) is 11.3 Å². The maximum atomic E-state index is 12.0. The zero-order chi connectivity index (χ0) is 13.6. The minimum atomic E-state index is -3.35. The average Bonchev–Trinajstić information content (AvgIpc) is 2.74. The molecule has 3 nitrogen and oxygen atoms in total. The van der Waals surface area contributed by atoms with E-state index in [4.69, 9.17) is 0 Å². The lowest BCUT2D eigenvalue weighted by Crippen LogP contribution is -2.29. The number of sulfonamides is 1. The fourth-order valence-electron chi connectivity index (χ4n) is 1.65. The molecule has 0 radical (unpaired) electrons. The fourth-order valence-corrected chi connectivity index (χ4v) is 5.47. The van der Waals surface area contributed by atoms with E-state index in [1.807, 2.05) is 0 Å². The summed E-state index contributed by atoms with van der Waals surface area (Å²) in [7, 11) is -3.35. The third-order valence-electron chi connectivity index (χ3n) is 2.59. The number of halogens is 2. The van der Waals surface area contributed by atoms with Gasteiger partial charge in [0.05, 0.1) is 3.79 Å². The smallest absolute Gasteiger partial charge is 0.210 e. The van der Waals surface area contributed by atoms with Crippen LogP contribution in [0.1, 0.15) is 26.2 Å². The lowest BCUT2D eigenvalue weighted by atomic mass is 10.0. The van der Waals surface area contributed by atoms with E-state index in [0.29, 0.717) is 16.7 Å². The van der Waals surface area contributed by atoms with Crippen molar-refractivity contribution in [3.05, 3.63) is 15.9 Å². The van der Waals surface area contributed by atoms with Crippen molar-refractivity contribution in [1.82, 2.24) is 4.72 Å². The predicted octanol–water partition coefficient (Wildman–Crippen LogP) is 3.99. The van der Waals surface area contributed by atoms with E-state index in [2.05, 4.69) is 43.5 Å². The number of hydrogen-bond acceptors (Lipinski definition) is 3. The van der Waals surface area contributed by atoms with Gasteiger partial charge in [-0.2, -0.15) is 0 Å². The van der Waals surface area contributed by atoms with Crippen LogP contribution in [0.2, 0.25) is 0 Å². The average molecular weight is 419 g/mol. The molecule has 1 unspecified atom stereocenters. The first-order valence-electron chi connectivity index (χ1n) is 5.80. The third kappa shape index (κ3) is 5.28. The molecular formula is C11H17Br2NO2S2. The molecule has 7 heteroatoms. The molecule has 1 aromatic rings. The van der Waals surface area contributed by atoms with E-state index < -0.39 is 10.0 Å². The van der Waals surface area contributed by atoms with Crippen LogP contribution in [-0.4, -0.2) is 20.3 Å². The molecule has 0 aliphatic heterocycles. The Labute approximate surface area is 130 Å². The van der Waals surface area contributed by atoms with Gasteiger partial charge in [-0.25, -0.2) is 13.1 Å². The van der Waals surface area contributed by atoms with Crippen molar-refractivity contribution in [3.8, 4) is 0 Å². The first-order valence-corrected chi connectivity index (χ1v) is 10.0. The van der Waals surface area contributed by atoms with Crippen molar-refractivity contribution in [2.75, 3.05) is 11.9 Å². The summed E-state index contributed by atoms with van der Waals surface area (Å²) in [4.78, 5) is 0. The standard InChI is InChI=1S/C11H17Br2NO2S2/c1-2-3-9(6-7-12)8-14-18(15,16)11-5-4-10(13)17-11/h4-5,9,14H,2-3,6-8H2,1H3. The molecule has 0 spiro atoms. The van der Waals surface area contributed by atoms with E-state index >= 15 is 0 Å². The minimum absolute atomic E-state index is 0.364. The van der Waals surface area contributed by atoms with Gasteiger partial charge in [0.1, 0.15) is 4.21 Å². The number of rotatable bonds is 8. The molecule has 18 heavy (non-hydrogen) atoms. The van der Waals surface area contributed by atoms with Crippen LogP contribution >= 0.6 is 43.2 Å². The number of nitrogens with one attached hydrogen (secondary N) is 1. The van der Waals surface area contributed by atoms with Gasteiger partial charge < -0.3 is 0 Å². The van der Waals surface area contributed by atoms with Crippen LogP contribution in [0.3, 0.4) is 0 Å². The lowest BCUT2D eigenvalue weighted by Gasteiger charge is -2.15. The molecule has 104 valence electrons. The maximum Gasteiger partial charge on any atom is 0.250 e. The summed E-state index contributed by atoms with van der Waals surface area (Å²) < 4.78 is 27.9. The van der Waals surface area contributed by atoms with Crippen molar-refractivity contribution in [2.45, 2.75) is 30.4 Å². The Morgan fingerprint density at radius 2 is 2.11 bits per heavy atom. The summed E-state index contributed by atoms with van der Waals surface area (Å²) in [6, 6.07) is 3.37. The van der Waals surface area contributed by atoms with Gasteiger partial charge in [-0.05, 0) is 46.8 Å². The minimum Gasteiger partial charge on any atom is -0.210 e. The van der Waals surface area contributed by atoms with Crippen LogP contribution in [0.15, 0.2) is 20.1 Å². The number of hydrogen-bond donors (Lipinski definition) is 1. The van der Waals surface area contributed by atoms with Crippen molar-refractivity contribution < 1.29 is 8.42 Å². The lowest BCUT2D eigenvalue weighted by molar-refractivity contribution is 0.459. The van der Waals surface area contributed by atoms with Crippen molar-refractivity contribution in [1.29, 1.82) is 0 Å². The first kappa shape index (κ1) is 16.6. The molecule has 0 aromatic carbocycles. The quantitative estimate of drug-likeness (QED) is 0.648. The van der Waals surface area contributed by atoms with Crippen molar-refractivity contribution >= 4 is 53.2 Å². The van der Waals surface area contributed by atoms with Crippen LogP contribution in [-0.2, 0) is 10.0 Å². The highest BCUT2D eigenvalue weighted by atomic mass is 79.9. The zero-order valence-electron chi connectivity index (χ0n) is 10.2. The molecular weight excluding hydrogens is 402 g/mol. The molecule has 0 fully saturated rings. The summed E-state index contributed by atoms with van der Waals surface area (Å²) >= 11 is 7.91. The van der Waals surface area contributed by atoms with Crippen molar-refractivity contribution in [3.63, 3.8) is 0 Å². The SMILES string of the molecule is CCCC(CCBr)CNS(=O)(=O)c1ccc(Br)s1. The highest BCUT2D eigenvalue weighted by molar-refractivity contribution is 9.11. The van der Waals surface area contributed by atoms with Crippen molar-refractivity contribution in [2.24, 2.45) is 5.92 Å². The Hall–Kier alpha value is 0.570. The van der Waals surface area contributed by atoms with Gasteiger partial charge in [-0.15, -0.1) is 11.3 Å². The first-order chi connectivity index (χ1) is 8.49. The van der Waals surface area contributed by atoms with Gasteiger partial charge in [-0.3, -0.25) is 0 Å². The van der Waals surface area contributed by atoms with Crippen LogP contribution in [0.25, 0.3) is 0 Å². The van der Waals surface area contributed by atoms with Gasteiger partial charge in [0.25, 0.3) is 0 Å². The molecule has 1 aromatic heterocycles. The third-order valence-corrected chi connectivity index (χ3v) is 6.59. The second-order valence-electron chi connectivity index (χ2n) is 4.04. The van der Waals surface area contributed by atoms with Crippen LogP contribution < -0.4 is 4.72 Å². The van der Waals surface area contributed by atoms with E-state index in [1.54, 1.807) is 12.1 Å². The fraction of sp³-hybridized carbons (Fsp3) is 0.636. The van der Waals surface area contributed by atoms with Gasteiger partial charge in [0, 0.05) is 11.9 Å². The molecule has 0 aliphatic carbocycles. The maximum absolute atomic E-state index is 12.0. The van der Waals surface area contributed by atoms with Crippen LogP contribution in [0.5, 0.6) is 0 Å².